The Labute approximate surface area is 134 Å². The van der Waals surface area contributed by atoms with Gasteiger partial charge in [-0.25, -0.2) is 0 Å². The lowest BCUT2D eigenvalue weighted by molar-refractivity contribution is 0.199. The summed E-state index contributed by atoms with van der Waals surface area (Å²) in [4.78, 5) is 13.1. The fraction of sp³-hybridized carbons (Fsp3) is 0.267. The molecule has 2 aromatic rings. The van der Waals surface area contributed by atoms with Gasteiger partial charge in [-0.3, -0.25) is 14.9 Å². The minimum absolute atomic E-state index is 0.760. The molecule has 1 aliphatic heterocycles. The molecule has 0 radical (unpaired) electrons. The SMILES string of the molecule is S=C1SCN(Cc2cccnc2)CN1Cc1ccccn1. The van der Waals surface area contributed by atoms with Crippen LogP contribution in [0.25, 0.3) is 0 Å². The Morgan fingerprint density at radius 1 is 1.14 bits per heavy atom. The van der Waals surface area contributed by atoms with Crippen molar-refractivity contribution in [3.63, 3.8) is 0 Å². The summed E-state index contributed by atoms with van der Waals surface area (Å²) in [6.07, 6.45) is 5.54. The molecule has 0 saturated carbocycles. The first-order chi connectivity index (χ1) is 10.3. The third kappa shape index (κ3) is 4.00. The van der Waals surface area contributed by atoms with Gasteiger partial charge in [-0.05, 0) is 23.8 Å². The first-order valence-electron chi connectivity index (χ1n) is 6.74. The minimum atomic E-state index is 0.760. The highest BCUT2D eigenvalue weighted by Crippen LogP contribution is 2.21. The van der Waals surface area contributed by atoms with Crippen LogP contribution in [-0.2, 0) is 13.1 Å². The maximum atomic E-state index is 5.47. The van der Waals surface area contributed by atoms with E-state index in [1.807, 2.05) is 36.7 Å². The minimum Gasteiger partial charge on any atom is -0.339 e. The molecular weight excluding hydrogens is 300 g/mol. The van der Waals surface area contributed by atoms with Crippen LogP contribution in [0.5, 0.6) is 0 Å². The summed E-state index contributed by atoms with van der Waals surface area (Å²) >= 11 is 7.17. The van der Waals surface area contributed by atoms with Crippen LogP contribution in [0.15, 0.2) is 48.9 Å². The van der Waals surface area contributed by atoms with E-state index in [1.165, 1.54) is 5.56 Å². The second-order valence-corrected chi connectivity index (χ2v) is 6.47. The molecule has 0 bridgehead atoms. The zero-order chi connectivity index (χ0) is 14.5. The monoisotopic (exact) mass is 316 g/mol. The van der Waals surface area contributed by atoms with Crippen molar-refractivity contribution in [3.8, 4) is 0 Å². The molecule has 4 nitrogen and oxygen atoms in total. The average Bonchev–Trinajstić information content (AvgIpc) is 2.53. The first-order valence-corrected chi connectivity index (χ1v) is 8.13. The Morgan fingerprint density at radius 3 is 2.86 bits per heavy atom. The molecule has 21 heavy (non-hydrogen) atoms. The van der Waals surface area contributed by atoms with Crippen LogP contribution in [0.4, 0.5) is 0 Å². The van der Waals surface area contributed by atoms with Gasteiger partial charge in [0.15, 0.2) is 0 Å². The van der Waals surface area contributed by atoms with Gasteiger partial charge in [0.2, 0.25) is 0 Å². The number of thiocarbonyl (C=S) groups is 1. The van der Waals surface area contributed by atoms with Gasteiger partial charge >= 0.3 is 0 Å². The van der Waals surface area contributed by atoms with Crippen LogP contribution in [0, 0.1) is 0 Å². The third-order valence-corrected chi connectivity index (χ3v) is 4.82. The Hall–Kier alpha value is -1.50. The van der Waals surface area contributed by atoms with Crippen molar-refractivity contribution in [2.45, 2.75) is 13.1 Å². The molecule has 6 heteroatoms. The zero-order valence-electron chi connectivity index (χ0n) is 11.6. The molecule has 0 N–H and O–H groups in total. The van der Waals surface area contributed by atoms with E-state index >= 15 is 0 Å². The maximum Gasteiger partial charge on any atom is 0.139 e. The van der Waals surface area contributed by atoms with Gasteiger partial charge in [0, 0.05) is 25.1 Å². The van der Waals surface area contributed by atoms with Gasteiger partial charge in [-0.1, -0.05) is 36.1 Å². The fourth-order valence-corrected chi connectivity index (χ4v) is 3.28. The molecule has 0 aromatic carbocycles. The molecule has 0 spiro atoms. The highest BCUT2D eigenvalue weighted by atomic mass is 32.2. The number of hydrogen-bond acceptors (Lipinski definition) is 5. The van der Waals surface area contributed by atoms with E-state index in [0.717, 1.165) is 35.6 Å². The van der Waals surface area contributed by atoms with Crippen molar-refractivity contribution in [3.05, 3.63) is 60.2 Å². The molecule has 2 aromatic heterocycles. The molecule has 0 amide bonds. The standard InChI is InChI=1S/C15H16N4S2/c20-15-19(10-14-5-1-2-7-17-14)11-18(12-21-15)9-13-4-3-6-16-8-13/h1-8H,9-12H2. The molecule has 0 unspecified atom stereocenters. The van der Waals surface area contributed by atoms with Crippen molar-refractivity contribution >= 4 is 28.3 Å². The summed E-state index contributed by atoms with van der Waals surface area (Å²) in [5, 5.41) is 0. The van der Waals surface area contributed by atoms with E-state index in [0.29, 0.717) is 0 Å². The lowest BCUT2D eigenvalue weighted by Crippen LogP contribution is -2.43. The predicted molar refractivity (Wildman–Crippen MR) is 89.5 cm³/mol. The zero-order valence-corrected chi connectivity index (χ0v) is 13.2. The fourth-order valence-electron chi connectivity index (χ4n) is 2.23. The number of thioether (sulfide) groups is 1. The Morgan fingerprint density at radius 2 is 2.10 bits per heavy atom. The number of rotatable bonds is 4. The average molecular weight is 316 g/mol. The quantitative estimate of drug-likeness (QED) is 0.807. The lowest BCUT2D eigenvalue weighted by Gasteiger charge is -2.36. The first kappa shape index (κ1) is 14.4. The summed E-state index contributed by atoms with van der Waals surface area (Å²) in [5.74, 6) is 0.923. The van der Waals surface area contributed by atoms with Crippen LogP contribution < -0.4 is 0 Å². The summed E-state index contributed by atoms with van der Waals surface area (Å²) in [6, 6.07) is 10.1. The van der Waals surface area contributed by atoms with E-state index in [4.69, 9.17) is 12.2 Å². The highest BCUT2D eigenvalue weighted by molar-refractivity contribution is 8.22. The van der Waals surface area contributed by atoms with Crippen LogP contribution >= 0.6 is 24.0 Å². The predicted octanol–water partition coefficient (Wildman–Crippen LogP) is 2.73. The van der Waals surface area contributed by atoms with Crippen LogP contribution in [0.1, 0.15) is 11.3 Å². The van der Waals surface area contributed by atoms with Crippen molar-refractivity contribution in [2.75, 3.05) is 12.5 Å². The number of pyridine rings is 2. The number of aromatic nitrogens is 2. The molecule has 0 aliphatic carbocycles. The summed E-state index contributed by atoms with van der Waals surface area (Å²) in [6.45, 7) is 2.48. The molecule has 0 atom stereocenters. The Kier molecular flexibility index (Phi) is 4.80. The molecule has 3 rings (SSSR count). The molecular formula is C15H16N4S2. The van der Waals surface area contributed by atoms with E-state index in [-0.39, 0.29) is 0 Å². The summed E-state index contributed by atoms with van der Waals surface area (Å²) < 4.78 is 0.947. The van der Waals surface area contributed by atoms with Crippen molar-refractivity contribution in [1.82, 2.24) is 19.8 Å². The molecule has 1 fully saturated rings. The third-order valence-electron chi connectivity index (χ3n) is 3.21. The number of nitrogens with zero attached hydrogens (tertiary/aromatic N) is 4. The second kappa shape index (κ2) is 6.98. The van der Waals surface area contributed by atoms with Gasteiger partial charge in [-0.15, -0.1) is 0 Å². The Balaban J connectivity index is 1.63. The molecule has 1 saturated heterocycles. The van der Waals surface area contributed by atoms with E-state index in [2.05, 4.69) is 25.8 Å². The largest absolute Gasteiger partial charge is 0.339 e. The van der Waals surface area contributed by atoms with Gasteiger partial charge in [0.05, 0.1) is 24.8 Å². The second-order valence-electron chi connectivity index (χ2n) is 4.89. The maximum absolute atomic E-state index is 5.47. The van der Waals surface area contributed by atoms with Gasteiger partial charge < -0.3 is 4.90 Å². The van der Waals surface area contributed by atoms with E-state index < -0.39 is 0 Å². The Bertz CT molecular complexity index is 591. The molecule has 1 aliphatic rings. The normalized spacial score (nSPS) is 16.2. The van der Waals surface area contributed by atoms with Crippen molar-refractivity contribution in [1.29, 1.82) is 0 Å². The number of hydrogen-bond donors (Lipinski definition) is 0. The van der Waals surface area contributed by atoms with Crippen LogP contribution in [0.2, 0.25) is 0 Å². The van der Waals surface area contributed by atoms with E-state index in [9.17, 15) is 0 Å². The highest BCUT2D eigenvalue weighted by Gasteiger charge is 2.22. The van der Waals surface area contributed by atoms with Gasteiger partial charge in [-0.2, -0.15) is 0 Å². The smallest absolute Gasteiger partial charge is 0.139 e. The molecule has 108 valence electrons. The van der Waals surface area contributed by atoms with E-state index in [1.54, 1.807) is 18.0 Å². The topological polar surface area (TPSA) is 32.3 Å². The van der Waals surface area contributed by atoms with Gasteiger partial charge in [0.1, 0.15) is 4.32 Å². The van der Waals surface area contributed by atoms with Gasteiger partial charge in [0.25, 0.3) is 0 Å². The van der Waals surface area contributed by atoms with Crippen molar-refractivity contribution in [2.24, 2.45) is 0 Å². The van der Waals surface area contributed by atoms with Crippen molar-refractivity contribution < 1.29 is 0 Å². The summed E-state index contributed by atoms with van der Waals surface area (Å²) in [7, 11) is 0. The summed E-state index contributed by atoms with van der Waals surface area (Å²) in [5.41, 5.74) is 2.27. The lowest BCUT2D eigenvalue weighted by atomic mass is 10.3. The van der Waals surface area contributed by atoms with Crippen LogP contribution in [0.3, 0.4) is 0 Å². The van der Waals surface area contributed by atoms with Crippen LogP contribution in [-0.4, -0.2) is 36.6 Å². The molecule has 3 heterocycles.